The molecule has 0 spiro atoms. The highest BCUT2D eigenvalue weighted by molar-refractivity contribution is 8.00. The molecule has 2 N–H and O–H groups in total. The molecule has 1 saturated carbocycles. The molecular weight excluding hydrogens is 348 g/mol. The summed E-state index contributed by atoms with van der Waals surface area (Å²) in [6.45, 7) is 5.67. The first-order valence-electron chi connectivity index (χ1n) is 8.79. The minimum Gasteiger partial charge on any atom is -0.346 e. The summed E-state index contributed by atoms with van der Waals surface area (Å²) in [6.07, 6.45) is 6.07. The van der Waals surface area contributed by atoms with Gasteiger partial charge in [0.25, 0.3) is 0 Å². The lowest BCUT2D eigenvalue weighted by atomic mass is 10.1. The fourth-order valence-corrected chi connectivity index (χ4v) is 3.70. The number of hydrogen-bond donors (Lipinski definition) is 2. The number of imidazole rings is 1. The number of anilines is 1. The molecule has 26 heavy (non-hydrogen) atoms. The van der Waals surface area contributed by atoms with Crippen LogP contribution >= 0.6 is 11.8 Å². The SMILES string of the molecule is Cc1cccc(C)c1NC(=O)CNC(=O)[C@H](C)Sc1nccn1C1CC1. The van der Waals surface area contributed by atoms with Gasteiger partial charge in [0, 0.05) is 24.1 Å². The van der Waals surface area contributed by atoms with E-state index in [1.54, 1.807) is 6.20 Å². The van der Waals surface area contributed by atoms with Crippen molar-refractivity contribution in [2.24, 2.45) is 0 Å². The largest absolute Gasteiger partial charge is 0.346 e. The van der Waals surface area contributed by atoms with Gasteiger partial charge in [-0.2, -0.15) is 0 Å². The molecule has 0 aliphatic heterocycles. The van der Waals surface area contributed by atoms with E-state index in [4.69, 9.17) is 0 Å². The molecule has 0 bridgehead atoms. The number of para-hydroxylation sites is 1. The summed E-state index contributed by atoms with van der Waals surface area (Å²) < 4.78 is 2.13. The van der Waals surface area contributed by atoms with Crippen LogP contribution in [-0.2, 0) is 9.59 Å². The highest BCUT2D eigenvalue weighted by Gasteiger charge is 2.27. The van der Waals surface area contributed by atoms with E-state index in [0.29, 0.717) is 6.04 Å². The quantitative estimate of drug-likeness (QED) is 0.733. The molecule has 0 saturated heterocycles. The Bertz CT molecular complexity index is 793. The van der Waals surface area contributed by atoms with Crippen molar-refractivity contribution < 1.29 is 9.59 Å². The van der Waals surface area contributed by atoms with Crippen molar-refractivity contribution in [3.8, 4) is 0 Å². The number of benzene rings is 1. The van der Waals surface area contributed by atoms with Gasteiger partial charge in [0.05, 0.1) is 11.8 Å². The molecule has 6 nitrogen and oxygen atoms in total. The second kappa shape index (κ2) is 7.95. The van der Waals surface area contributed by atoms with E-state index in [-0.39, 0.29) is 23.6 Å². The van der Waals surface area contributed by atoms with Crippen LogP contribution in [0.2, 0.25) is 0 Å². The number of carbonyl (C=O) groups excluding carboxylic acids is 2. The number of carbonyl (C=O) groups is 2. The van der Waals surface area contributed by atoms with Crippen LogP contribution in [0.3, 0.4) is 0 Å². The van der Waals surface area contributed by atoms with Crippen LogP contribution in [0.15, 0.2) is 35.7 Å². The summed E-state index contributed by atoms with van der Waals surface area (Å²) in [5.74, 6) is -0.399. The zero-order valence-corrected chi connectivity index (χ0v) is 16.1. The average molecular weight is 372 g/mol. The molecule has 2 amide bonds. The highest BCUT2D eigenvalue weighted by atomic mass is 32.2. The molecule has 1 fully saturated rings. The maximum atomic E-state index is 12.3. The summed E-state index contributed by atoms with van der Waals surface area (Å²) in [5, 5.41) is 6.12. The second-order valence-corrected chi connectivity index (χ2v) is 7.95. The summed E-state index contributed by atoms with van der Waals surface area (Å²) in [4.78, 5) is 28.8. The molecule has 1 atom stereocenters. The van der Waals surface area contributed by atoms with Crippen molar-refractivity contribution in [3.05, 3.63) is 41.7 Å². The van der Waals surface area contributed by atoms with Gasteiger partial charge in [-0.05, 0) is 44.7 Å². The molecule has 7 heteroatoms. The lowest BCUT2D eigenvalue weighted by Crippen LogP contribution is -2.37. The number of nitrogens with one attached hydrogen (secondary N) is 2. The van der Waals surface area contributed by atoms with Crippen LogP contribution in [-0.4, -0.2) is 33.2 Å². The summed E-state index contributed by atoms with van der Waals surface area (Å²) in [5.41, 5.74) is 2.81. The normalized spacial score (nSPS) is 14.7. The predicted molar refractivity (Wildman–Crippen MR) is 103 cm³/mol. The van der Waals surface area contributed by atoms with Gasteiger partial charge in [-0.25, -0.2) is 4.98 Å². The first-order valence-corrected chi connectivity index (χ1v) is 9.67. The molecule has 1 aromatic carbocycles. The fourth-order valence-electron chi connectivity index (χ4n) is 2.74. The van der Waals surface area contributed by atoms with Gasteiger partial charge in [0.15, 0.2) is 5.16 Å². The van der Waals surface area contributed by atoms with Crippen molar-refractivity contribution in [1.29, 1.82) is 0 Å². The fraction of sp³-hybridized carbons (Fsp3) is 0.421. The number of amides is 2. The topological polar surface area (TPSA) is 76.0 Å². The molecule has 1 aliphatic rings. The van der Waals surface area contributed by atoms with E-state index in [1.165, 1.54) is 24.6 Å². The van der Waals surface area contributed by atoms with Crippen LogP contribution in [0.5, 0.6) is 0 Å². The van der Waals surface area contributed by atoms with Crippen LogP contribution in [0, 0.1) is 13.8 Å². The number of rotatable bonds is 7. The van der Waals surface area contributed by atoms with Crippen molar-refractivity contribution in [2.75, 3.05) is 11.9 Å². The number of thioether (sulfide) groups is 1. The van der Waals surface area contributed by atoms with Crippen LogP contribution < -0.4 is 10.6 Å². The van der Waals surface area contributed by atoms with Gasteiger partial charge >= 0.3 is 0 Å². The van der Waals surface area contributed by atoms with E-state index in [0.717, 1.165) is 22.0 Å². The third-order valence-corrected chi connectivity index (χ3v) is 5.49. The molecule has 138 valence electrons. The second-order valence-electron chi connectivity index (χ2n) is 6.64. The van der Waals surface area contributed by atoms with Crippen LogP contribution in [0.4, 0.5) is 5.69 Å². The van der Waals surface area contributed by atoms with Crippen molar-refractivity contribution in [3.63, 3.8) is 0 Å². The number of aromatic nitrogens is 2. The summed E-state index contributed by atoms with van der Waals surface area (Å²) in [7, 11) is 0. The van der Waals surface area contributed by atoms with Crippen LogP contribution in [0.1, 0.15) is 36.9 Å². The third kappa shape index (κ3) is 4.46. The molecule has 0 radical (unpaired) electrons. The zero-order valence-electron chi connectivity index (χ0n) is 15.3. The van der Waals surface area contributed by atoms with Gasteiger partial charge < -0.3 is 15.2 Å². The Morgan fingerprint density at radius 1 is 1.31 bits per heavy atom. The first-order chi connectivity index (χ1) is 12.5. The van der Waals surface area contributed by atoms with Gasteiger partial charge in [0.2, 0.25) is 11.8 Å². The van der Waals surface area contributed by atoms with Crippen molar-refractivity contribution in [1.82, 2.24) is 14.9 Å². The Morgan fingerprint density at radius 2 is 2.00 bits per heavy atom. The number of aryl methyl sites for hydroxylation is 2. The van der Waals surface area contributed by atoms with Gasteiger partial charge in [-0.3, -0.25) is 9.59 Å². The van der Waals surface area contributed by atoms with Gasteiger partial charge in [-0.1, -0.05) is 30.0 Å². The maximum absolute atomic E-state index is 12.3. The molecule has 1 heterocycles. The Kier molecular flexibility index (Phi) is 5.66. The standard InChI is InChI=1S/C19H24N4O2S/c1-12-5-4-6-13(2)17(12)22-16(24)11-21-18(25)14(3)26-19-20-9-10-23(19)15-7-8-15/h4-6,9-10,14-15H,7-8,11H2,1-3H3,(H,21,25)(H,22,24)/t14-/m0/s1. The number of hydrogen-bond acceptors (Lipinski definition) is 4. The first kappa shape index (κ1) is 18.5. The molecule has 3 rings (SSSR count). The lowest BCUT2D eigenvalue weighted by Gasteiger charge is -2.14. The van der Waals surface area contributed by atoms with Crippen LogP contribution in [0.25, 0.3) is 0 Å². The van der Waals surface area contributed by atoms with E-state index in [9.17, 15) is 9.59 Å². The van der Waals surface area contributed by atoms with Crippen molar-refractivity contribution >= 4 is 29.3 Å². The minimum atomic E-state index is -0.317. The summed E-state index contributed by atoms with van der Waals surface area (Å²) >= 11 is 1.42. The van der Waals surface area contributed by atoms with E-state index >= 15 is 0 Å². The summed E-state index contributed by atoms with van der Waals surface area (Å²) in [6, 6.07) is 6.37. The molecule has 0 unspecified atom stereocenters. The highest BCUT2D eigenvalue weighted by Crippen LogP contribution is 2.38. The molecular formula is C19H24N4O2S. The molecule has 1 aromatic heterocycles. The predicted octanol–water partition coefficient (Wildman–Crippen LogP) is 3.07. The average Bonchev–Trinajstić information content (AvgIpc) is 3.35. The minimum absolute atomic E-state index is 0.0471. The smallest absolute Gasteiger partial charge is 0.243 e. The monoisotopic (exact) mass is 372 g/mol. The third-order valence-electron chi connectivity index (χ3n) is 4.39. The maximum Gasteiger partial charge on any atom is 0.243 e. The van der Waals surface area contributed by atoms with E-state index < -0.39 is 0 Å². The Morgan fingerprint density at radius 3 is 2.65 bits per heavy atom. The Hall–Kier alpha value is -2.28. The zero-order chi connectivity index (χ0) is 18.7. The lowest BCUT2D eigenvalue weighted by molar-refractivity contribution is -0.123. The molecule has 2 aromatic rings. The van der Waals surface area contributed by atoms with Gasteiger partial charge in [-0.15, -0.1) is 0 Å². The Labute approximate surface area is 157 Å². The molecule has 1 aliphatic carbocycles. The van der Waals surface area contributed by atoms with E-state index in [2.05, 4.69) is 20.2 Å². The Balaban J connectivity index is 1.50. The van der Waals surface area contributed by atoms with Crippen molar-refractivity contribution in [2.45, 2.75) is 50.1 Å². The van der Waals surface area contributed by atoms with Gasteiger partial charge in [0.1, 0.15) is 0 Å². The van der Waals surface area contributed by atoms with E-state index in [1.807, 2.05) is 45.2 Å². The number of nitrogens with zero attached hydrogens (tertiary/aromatic N) is 2.